The summed E-state index contributed by atoms with van der Waals surface area (Å²) in [5.74, 6) is 0.652. The summed E-state index contributed by atoms with van der Waals surface area (Å²) in [6.07, 6.45) is 3.91. The number of aromatic hydroxyl groups is 1. The average Bonchev–Trinajstić information content (AvgIpc) is 2.55. The summed E-state index contributed by atoms with van der Waals surface area (Å²) >= 11 is 0. The second-order valence-electron chi connectivity index (χ2n) is 4.92. The normalized spacial score (nSPS) is 11.1. The molecule has 0 bridgehead atoms. The molecule has 1 N–H and O–H groups in total. The van der Waals surface area contributed by atoms with Crippen molar-refractivity contribution < 1.29 is 9.84 Å². The first-order chi connectivity index (χ1) is 10.8. The molecule has 0 spiro atoms. The molecule has 0 saturated heterocycles. The number of phenolic OH excluding ortho intramolecular Hbond substituents is 1. The zero-order chi connectivity index (χ0) is 15.4. The van der Waals surface area contributed by atoms with E-state index in [9.17, 15) is 5.11 Å². The first-order valence-electron chi connectivity index (χ1n) is 7.26. The third kappa shape index (κ3) is 3.09. The van der Waals surface area contributed by atoms with Crippen LogP contribution in [0.25, 0.3) is 23.1 Å². The molecular weight excluding hydrogens is 274 g/mol. The number of fused-ring (bicyclic) bond motifs is 1. The quantitative estimate of drug-likeness (QED) is 0.769. The Kier molecular flexibility index (Phi) is 4.05. The van der Waals surface area contributed by atoms with Crippen molar-refractivity contribution in [3.05, 3.63) is 65.9 Å². The molecule has 0 fully saturated rings. The second-order valence-corrected chi connectivity index (χ2v) is 4.92. The predicted octanol–water partition coefficient (Wildman–Crippen LogP) is 4.51. The van der Waals surface area contributed by atoms with E-state index in [0.717, 1.165) is 22.2 Å². The summed E-state index contributed by atoms with van der Waals surface area (Å²) in [7, 11) is 0. The monoisotopic (exact) mass is 291 g/mol. The molecular formula is C19H17NO2. The number of rotatable bonds is 4. The highest BCUT2D eigenvalue weighted by Gasteiger charge is 2.01. The molecule has 0 aliphatic rings. The number of hydrogen-bond donors (Lipinski definition) is 1. The van der Waals surface area contributed by atoms with Gasteiger partial charge in [-0.3, -0.25) is 0 Å². The highest BCUT2D eigenvalue weighted by atomic mass is 16.5. The van der Waals surface area contributed by atoms with Crippen LogP contribution in [0.1, 0.15) is 18.2 Å². The van der Waals surface area contributed by atoms with E-state index in [-0.39, 0.29) is 5.75 Å². The van der Waals surface area contributed by atoms with Crippen LogP contribution in [0, 0.1) is 0 Å². The summed E-state index contributed by atoms with van der Waals surface area (Å²) in [6.45, 7) is 2.41. The lowest BCUT2D eigenvalue weighted by Gasteiger charge is -2.06. The van der Waals surface area contributed by atoms with Crippen LogP contribution in [0.4, 0.5) is 0 Å². The summed E-state index contributed by atoms with van der Waals surface area (Å²) in [5.41, 5.74) is 2.83. The summed E-state index contributed by atoms with van der Waals surface area (Å²) in [5, 5.41) is 10.8. The summed E-state index contributed by atoms with van der Waals surface area (Å²) in [6, 6.07) is 17.4. The van der Waals surface area contributed by atoms with Gasteiger partial charge in [0.25, 0.3) is 0 Å². The van der Waals surface area contributed by atoms with Gasteiger partial charge in [0.1, 0.15) is 0 Å². The van der Waals surface area contributed by atoms with Crippen molar-refractivity contribution in [1.29, 1.82) is 0 Å². The highest BCUT2D eigenvalue weighted by molar-refractivity contribution is 5.80. The summed E-state index contributed by atoms with van der Waals surface area (Å²) in [4.78, 5) is 4.60. The van der Waals surface area contributed by atoms with Crippen molar-refractivity contribution in [2.75, 3.05) is 6.61 Å². The minimum absolute atomic E-state index is 0.155. The molecule has 2 aromatic carbocycles. The molecule has 0 amide bonds. The van der Waals surface area contributed by atoms with Gasteiger partial charge >= 0.3 is 0 Å². The molecule has 3 heteroatoms. The van der Waals surface area contributed by atoms with E-state index in [1.807, 2.05) is 61.5 Å². The van der Waals surface area contributed by atoms with Gasteiger partial charge in [0, 0.05) is 5.39 Å². The average molecular weight is 291 g/mol. The number of phenols is 1. The maximum absolute atomic E-state index is 9.71. The van der Waals surface area contributed by atoms with Crippen LogP contribution >= 0.6 is 0 Å². The number of aromatic nitrogens is 1. The van der Waals surface area contributed by atoms with Gasteiger partial charge < -0.3 is 9.84 Å². The molecule has 0 atom stereocenters. The van der Waals surface area contributed by atoms with E-state index < -0.39 is 0 Å². The fourth-order valence-corrected chi connectivity index (χ4v) is 2.26. The lowest BCUT2D eigenvalue weighted by molar-refractivity contribution is 0.318. The Hall–Kier alpha value is -2.81. The number of pyridine rings is 1. The van der Waals surface area contributed by atoms with Crippen LogP contribution in [-0.4, -0.2) is 16.7 Å². The van der Waals surface area contributed by atoms with E-state index >= 15 is 0 Å². The minimum Gasteiger partial charge on any atom is -0.504 e. The number of hydrogen-bond acceptors (Lipinski definition) is 3. The molecule has 0 saturated carbocycles. The lowest BCUT2D eigenvalue weighted by Crippen LogP contribution is -1.92. The first kappa shape index (κ1) is 14.1. The van der Waals surface area contributed by atoms with Gasteiger partial charge in [0.05, 0.1) is 17.8 Å². The van der Waals surface area contributed by atoms with Crippen molar-refractivity contribution in [3.63, 3.8) is 0 Å². The fourth-order valence-electron chi connectivity index (χ4n) is 2.26. The second kappa shape index (κ2) is 6.31. The number of para-hydroxylation sites is 1. The SMILES string of the molecule is CCOc1cc(C=Cc2ccc3ccccc3n2)ccc1O. The van der Waals surface area contributed by atoms with Gasteiger partial charge in [-0.05, 0) is 42.8 Å². The van der Waals surface area contributed by atoms with E-state index in [1.54, 1.807) is 6.07 Å². The van der Waals surface area contributed by atoms with Crippen molar-refractivity contribution in [2.24, 2.45) is 0 Å². The largest absolute Gasteiger partial charge is 0.504 e. The van der Waals surface area contributed by atoms with E-state index in [0.29, 0.717) is 12.4 Å². The van der Waals surface area contributed by atoms with Crippen LogP contribution in [0.2, 0.25) is 0 Å². The van der Waals surface area contributed by atoms with Crippen LogP contribution in [0.15, 0.2) is 54.6 Å². The standard InChI is InChI=1S/C19H17NO2/c1-2-22-19-13-14(8-12-18(19)21)7-10-16-11-9-15-5-3-4-6-17(15)20-16/h3-13,21H,2H2,1H3. The Bertz CT molecular complexity index is 825. The van der Waals surface area contributed by atoms with Gasteiger partial charge in [-0.2, -0.15) is 0 Å². The molecule has 3 rings (SSSR count). The lowest BCUT2D eigenvalue weighted by atomic mass is 10.1. The summed E-state index contributed by atoms with van der Waals surface area (Å²) < 4.78 is 5.39. The van der Waals surface area contributed by atoms with E-state index in [2.05, 4.69) is 11.1 Å². The smallest absolute Gasteiger partial charge is 0.161 e. The van der Waals surface area contributed by atoms with Gasteiger partial charge in [-0.25, -0.2) is 4.98 Å². The number of nitrogens with zero attached hydrogens (tertiary/aromatic N) is 1. The topological polar surface area (TPSA) is 42.4 Å². The van der Waals surface area contributed by atoms with Crippen LogP contribution in [0.3, 0.4) is 0 Å². The van der Waals surface area contributed by atoms with Gasteiger partial charge in [0.15, 0.2) is 11.5 Å². The number of ether oxygens (including phenoxy) is 1. The van der Waals surface area contributed by atoms with E-state index in [4.69, 9.17) is 4.74 Å². The Labute approximate surface area is 129 Å². The Morgan fingerprint density at radius 1 is 1.05 bits per heavy atom. The highest BCUT2D eigenvalue weighted by Crippen LogP contribution is 2.27. The predicted molar refractivity (Wildman–Crippen MR) is 89.9 cm³/mol. The first-order valence-corrected chi connectivity index (χ1v) is 7.26. The molecule has 0 unspecified atom stereocenters. The zero-order valence-corrected chi connectivity index (χ0v) is 12.4. The van der Waals surface area contributed by atoms with Crippen molar-refractivity contribution in [1.82, 2.24) is 4.98 Å². The van der Waals surface area contributed by atoms with Gasteiger partial charge in [-0.1, -0.05) is 36.4 Å². The molecule has 3 aromatic rings. The third-order valence-electron chi connectivity index (χ3n) is 3.35. The molecule has 3 nitrogen and oxygen atoms in total. The Morgan fingerprint density at radius 2 is 1.91 bits per heavy atom. The molecule has 0 radical (unpaired) electrons. The van der Waals surface area contributed by atoms with Crippen molar-refractivity contribution in [2.45, 2.75) is 6.92 Å². The van der Waals surface area contributed by atoms with Crippen LogP contribution < -0.4 is 4.74 Å². The third-order valence-corrected chi connectivity index (χ3v) is 3.35. The maximum Gasteiger partial charge on any atom is 0.161 e. The van der Waals surface area contributed by atoms with Crippen LogP contribution in [0.5, 0.6) is 11.5 Å². The van der Waals surface area contributed by atoms with Crippen molar-refractivity contribution in [3.8, 4) is 11.5 Å². The van der Waals surface area contributed by atoms with Gasteiger partial charge in [-0.15, -0.1) is 0 Å². The fraction of sp³-hybridized carbons (Fsp3) is 0.105. The minimum atomic E-state index is 0.155. The number of benzene rings is 2. The molecule has 1 aromatic heterocycles. The maximum atomic E-state index is 9.71. The molecule has 110 valence electrons. The Morgan fingerprint density at radius 3 is 2.77 bits per heavy atom. The van der Waals surface area contributed by atoms with Crippen molar-refractivity contribution >= 4 is 23.1 Å². The van der Waals surface area contributed by atoms with Gasteiger partial charge in [0.2, 0.25) is 0 Å². The molecule has 0 aliphatic heterocycles. The van der Waals surface area contributed by atoms with E-state index in [1.165, 1.54) is 0 Å². The van der Waals surface area contributed by atoms with Crippen LogP contribution in [-0.2, 0) is 0 Å². The molecule has 0 aliphatic carbocycles. The Balaban J connectivity index is 1.87. The zero-order valence-electron chi connectivity index (χ0n) is 12.4. The molecule has 1 heterocycles. The molecule has 22 heavy (non-hydrogen) atoms.